The van der Waals surface area contributed by atoms with Crippen molar-refractivity contribution in [2.24, 2.45) is 5.10 Å². The Kier molecular flexibility index (Phi) is 7.17. The molecule has 0 aliphatic rings. The summed E-state index contributed by atoms with van der Waals surface area (Å²) < 4.78 is 23.4. The van der Waals surface area contributed by atoms with Gasteiger partial charge in [0.15, 0.2) is 11.5 Å². The van der Waals surface area contributed by atoms with Crippen LogP contribution >= 0.6 is 0 Å². The number of ether oxygens (including phenoxy) is 2. The van der Waals surface area contributed by atoms with E-state index >= 15 is 0 Å². The van der Waals surface area contributed by atoms with Crippen LogP contribution in [0, 0.1) is 5.82 Å². The van der Waals surface area contributed by atoms with E-state index in [1.165, 1.54) is 38.5 Å². The van der Waals surface area contributed by atoms with Crippen LogP contribution in [0.1, 0.15) is 33.2 Å². The maximum atomic E-state index is 13.0. The number of anilines is 1. The Morgan fingerprint density at radius 2 is 1.38 bits per heavy atom. The number of carbonyl (C=O) groups is 2. The van der Waals surface area contributed by atoms with E-state index in [9.17, 15) is 14.0 Å². The van der Waals surface area contributed by atoms with Crippen molar-refractivity contribution in [3.05, 3.63) is 89.2 Å². The van der Waals surface area contributed by atoms with E-state index in [2.05, 4.69) is 15.8 Å². The normalized spacial score (nSPS) is 10.9. The zero-order valence-corrected chi connectivity index (χ0v) is 17.8. The van der Waals surface area contributed by atoms with Crippen molar-refractivity contribution in [2.45, 2.75) is 6.92 Å². The Morgan fingerprint density at radius 3 is 2.00 bits per heavy atom. The molecule has 0 aromatic heterocycles. The molecule has 0 saturated carbocycles. The highest BCUT2D eigenvalue weighted by molar-refractivity contribution is 6.05. The highest BCUT2D eigenvalue weighted by Gasteiger charge is 2.11. The van der Waals surface area contributed by atoms with Crippen LogP contribution in [0.5, 0.6) is 11.5 Å². The zero-order valence-electron chi connectivity index (χ0n) is 17.8. The molecule has 0 atom stereocenters. The average Bonchev–Trinajstić information content (AvgIpc) is 2.82. The number of rotatable bonds is 7. The van der Waals surface area contributed by atoms with Crippen molar-refractivity contribution in [1.82, 2.24) is 5.43 Å². The maximum absolute atomic E-state index is 13.0. The van der Waals surface area contributed by atoms with Crippen LogP contribution in [-0.4, -0.2) is 31.7 Å². The Morgan fingerprint density at radius 1 is 0.781 bits per heavy atom. The van der Waals surface area contributed by atoms with Gasteiger partial charge in [-0.3, -0.25) is 9.59 Å². The van der Waals surface area contributed by atoms with Crippen molar-refractivity contribution in [3.8, 4) is 11.5 Å². The minimum absolute atomic E-state index is 0.342. The zero-order chi connectivity index (χ0) is 23.1. The van der Waals surface area contributed by atoms with Crippen molar-refractivity contribution in [2.75, 3.05) is 19.5 Å². The predicted molar refractivity (Wildman–Crippen MR) is 120 cm³/mol. The van der Waals surface area contributed by atoms with Gasteiger partial charge in [-0.15, -0.1) is 0 Å². The van der Waals surface area contributed by atoms with Gasteiger partial charge in [0.05, 0.1) is 19.9 Å². The van der Waals surface area contributed by atoms with Gasteiger partial charge in [0.25, 0.3) is 11.8 Å². The van der Waals surface area contributed by atoms with Crippen molar-refractivity contribution >= 4 is 23.2 Å². The fourth-order valence-corrected chi connectivity index (χ4v) is 2.84. The van der Waals surface area contributed by atoms with Gasteiger partial charge in [-0.2, -0.15) is 5.10 Å². The van der Waals surface area contributed by atoms with Gasteiger partial charge in [-0.05, 0) is 67.1 Å². The monoisotopic (exact) mass is 435 g/mol. The molecule has 3 aromatic rings. The van der Waals surface area contributed by atoms with Crippen LogP contribution in [0.3, 0.4) is 0 Å². The molecule has 0 saturated heterocycles. The lowest BCUT2D eigenvalue weighted by Crippen LogP contribution is -2.19. The Hall–Kier alpha value is -4.20. The van der Waals surface area contributed by atoms with Crippen LogP contribution in [0.25, 0.3) is 0 Å². The number of halogens is 1. The summed E-state index contributed by atoms with van der Waals surface area (Å²) in [5, 5.41) is 6.88. The van der Waals surface area contributed by atoms with E-state index in [1.807, 2.05) is 0 Å². The van der Waals surface area contributed by atoms with E-state index in [0.717, 1.165) is 5.56 Å². The molecule has 3 aromatic carbocycles. The molecular formula is C24H22FN3O4. The van der Waals surface area contributed by atoms with Gasteiger partial charge in [0, 0.05) is 16.8 Å². The molecule has 164 valence electrons. The first kappa shape index (κ1) is 22.5. The molecule has 0 aliphatic carbocycles. The molecule has 0 heterocycles. The summed E-state index contributed by atoms with van der Waals surface area (Å²) in [6.07, 6.45) is 0. The second kappa shape index (κ2) is 10.2. The molecule has 0 aliphatic heterocycles. The fraction of sp³-hybridized carbons (Fsp3) is 0.125. The first-order chi connectivity index (χ1) is 15.4. The van der Waals surface area contributed by atoms with Gasteiger partial charge in [0.1, 0.15) is 5.82 Å². The fourth-order valence-electron chi connectivity index (χ4n) is 2.84. The first-order valence-electron chi connectivity index (χ1n) is 9.65. The number of benzene rings is 3. The van der Waals surface area contributed by atoms with Crippen LogP contribution in [0.2, 0.25) is 0 Å². The van der Waals surface area contributed by atoms with Crippen molar-refractivity contribution in [3.63, 3.8) is 0 Å². The van der Waals surface area contributed by atoms with Gasteiger partial charge in [-0.1, -0.05) is 12.1 Å². The second-order valence-corrected chi connectivity index (χ2v) is 6.75. The first-order valence-corrected chi connectivity index (χ1v) is 9.65. The third-order valence-corrected chi connectivity index (χ3v) is 4.64. The molecule has 0 fully saturated rings. The third kappa shape index (κ3) is 5.48. The molecule has 0 bridgehead atoms. The van der Waals surface area contributed by atoms with Gasteiger partial charge in [-0.25, -0.2) is 9.82 Å². The summed E-state index contributed by atoms with van der Waals surface area (Å²) in [6, 6.07) is 17.1. The summed E-state index contributed by atoms with van der Waals surface area (Å²) >= 11 is 0. The number of methoxy groups -OCH3 is 2. The molecule has 0 unspecified atom stereocenters. The van der Waals surface area contributed by atoms with E-state index in [0.29, 0.717) is 34.0 Å². The van der Waals surface area contributed by atoms with Crippen LogP contribution in [-0.2, 0) is 0 Å². The summed E-state index contributed by atoms with van der Waals surface area (Å²) in [6.45, 7) is 1.75. The van der Waals surface area contributed by atoms with E-state index in [1.54, 1.807) is 49.4 Å². The summed E-state index contributed by atoms with van der Waals surface area (Å²) in [4.78, 5) is 24.6. The number of nitrogens with zero attached hydrogens (tertiary/aromatic N) is 1. The van der Waals surface area contributed by atoms with E-state index in [-0.39, 0.29) is 5.91 Å². The number of hydrogen-bond acceptors (Lipinski definition) is 5. The highest BCUT2D eigenvalue weighted by atomic mass is 19.1. The predicted octanol–water partition coefficient (Wildman–Crippen LogP) is 4.25. The standard InChI is InChI=1S/C24H22FN3O4/c1-15(27-28-24(30)18-8-13-21(31-2)22(14-18)32-3)16-6-11-20(12-7-16)26-23(29)17-4-9-19(25)10-5-17/h4-14H,1-3H3,(H,26,29)(H,28,30)/b27-15+. The minimum atomic E-state index is -0.404. The minimum Gasteiger partial charge on any atom is -0.493 e. The molecule has 0 radical (unpaired) electrons. The summed E-state index contributed by atoms with van der Waals surface area (Å²) in [5.41, 5.74) is 5.15. The van der Waals surface area contributed by atoms with Crippen LogP contribution in [0.4, 0.5) is 10.1 Å². The molecule has 32 heavy (non-hydrogen) atoms. The lowest BCUT2D eigenvalue weighted by Gasteiger charge is -2.09. The molecule has 2 amide bonds. The molecule has 2 N–H and O–H groups in total. The number of amides is 2. The number of hydrogen-bond donors (Lipinski definition) is 2. The van der Waals surface area contributed by atoms with Crippen LogP contribution < -0.4 is 20.2 Å². The van der Waals surface area contributed by atoms with Gasteiger partial charge < -0.3 is 14.8 Å². The van der Waals surface area contributed by atoms with Crippen molar-refractivity contribution in [1.29, 1.82) is 0 Å². The Labute approximate surface area is 184 Å². The Bertz CT molecular complexity index is 1140. The smallest absolute Gasteiger partial charge is 0.271 e. The Balaban J connectivity index is 1.63. The molecule has 0 spiro atoms. The molecule has 7 nitrogen and oxygen atoms in total. The van der Waals surface area contributed by atoms with E-state index in [4.69, 9.17) is 9.47 Å². The number of nitrogens with one attached hydrogen (secondary N) is 2. The quantitative estimate of drug-likeness (QED) is 0.429. The number of hydrazone groups is 1. The summed E-state index contributed by atoms with van der Waals surface area (Å²) in [5.74, 6) is -0.174. The molecule has 3 rings (SSSR count). The summed E-state index contributed by atoms with van der Waals surface area (Å²) in [7, 11) is 3.01. The van der Waals surface area contributed by atoms with E-state index < -0.39 is 11.7 Å². The van der Waals surface area contributed by atoms with Crippen molar-refractivity contribution < 1.29 is 23.5 Å². The van der Waals surface area contributed by atoms with Crippen LogP contribution in [0.15, 0.2) is 71.8 Å². The molecular weight excluding hydrogens is 413 g/mol. The SMILES string of the molecule is COc1ccc(C(=O)N/N=C(\C)c2ccc(NC(=O)c3ccc(F)cc3)cc2)cc1OC. The lowest BCUT2D eigenvalue weighted by atomic mass is 10.1. The second-order valence-electron chi connectivity index (χ2n) is 6.75. The maximum Gasteiger partial charge on any atom is 0.271 e. The topological polar surface area (TPSA) is 89.0 Å². The largest absolute Gasteiger partial charge is 0.493 e. The number of carbonyl (C=O) groups excluding carboxylic acids is 2. The third-order valence-electron chi connectivity index (χ3n) is 4.64. The molecule has 8 heteroatoms. The van der Waals surface area contributed by atoms with Gasteiger partial charge in [0.2, 0.25) is 0 Å². The van der Waals surface area contributed by atoms with Gasteiger partial charge >= 0.3 is 0 Å². The average molecular weight is 435 g/mol. The lowest BCUT2D eigenvalue weighted by molar-refractivity contribution is 0.0953. The highest BCUT2D eigenvalue weighted by Crippen LogP contribution is 2.27.